The largest absolute Gasteiger partial charge is 0.0683 e. The lowest BCUT2D eigenvalue weighted by atomic mass is 9.71. The molecule has 0 unspecified atom stereocenters. The first kappa shape index (κ1) is 28.9. The summed E-state index contributed by atoms with van der Waals surface area (Å²) in [6, 6.07) is 14.9. The van der Waals surface area contributed by atoms with Crippen molar-refractivity contribution in [2.45, 2.75) is 154 Å². The van der Waals surface area contributed by atoms with Crippen LogP contribution in [0, 0.1) is 0 Å². The van der Waals surface area contributed by atoms with Crippen molar-refractivity contribution >= 4 is 13.2 Å². The molecular formula is C36H55P. The van der Waals surface area contributed by atoms with Gasteiger partial charge in [0.05, 0.1) is 0 Å². The van der Waals surface area contributed by atoms with Gasteiger partial charge in [0.2, 0.25) is 0 Å². The molecule has 2 aromatic carbocycles. The van der Waals surface area contributed by atoms with Crippen LogP contribution < -0.4 is 5.30 Å². The number of hydrogen-bond acceptors (Lipinski definition) is 0. The van der Waals surface area contributed by atoms with Gasteiger partial charge < -0.3 is 0 Å². The molecule has 0 amide bonds. The number of rotatable bonds is 4. The van der Waals surface area contributed by atoms with Crippen LogP contribution in [0.1, 0.15) is 143 Å². The molecule has 1 heteroatoms. The van der Waals surface area contributed by atoms with Gasteiger partial charge in [-0.2, -0.15) is 0 Å². The van der Waals surface area contributed by atoms with E-state index < -0.39 is 0 Å². The first-order valence-corrected chi connectivity index (χ1v) is 16.8. The Morgan fingerprint density at radius 3 is 1.41 bits per heavy atom. The molecule has 0 saturated heterocycles. The van der Waals surface area contributed by atoms with E-state index in [9.17, 15) is 0 Å². The van der Waals surface area contributed by atoms with Crippen LogP contribution in [0.15, 0.2) is 36.4 Å². The second-order valence-corrected chi connectivity index (χ2v) is 18.0. The lowest BCUT2D eigenvalue weighted by Crippen LogP contribution is -2.28. The van der Waals surface area contributed by atoms with E-state index in [4.69, 9.17) is 0 Å². The molecule has 0 atom stereocenters. The van der Waals surface area contributed by atoms with Crippen molar-refractivity contribution in [2.75, 3.05) is 0 Å². The van der Waals surface area contributed by atoms with Crippen molar-refractivity contribution in [2.24, 2.45) is 0 Å². The van der Waals surface area contributed by atoms with E-state index in [2.05, 4.69) is 98.7 Å². The Hall–Kier alpha value is -1.13. The van der Waals surface area contributed by atoms with Gasteiger partial charge in [0.25, 0.3) is 0 Å². The van der Waals surface area contributed by atoms with Crippen LogP contribution >= 0.6 is 7.92 Å². The highest BCUT2D eigenvalue weighted by Gasteiger charge is 2.36. The van der Waals surface area contributed by atoms with Crippen molar-refractivity contribution < 1.29 is 0 Å². The van der Waals surface area contributed by atoms with Gasteiger partial charge in [-0.25, -0.2) is 0 Å². The minimum Gasteiger partial charge on any atom is -0.0683 e. The highest BCUT2D eigenvalue weighted by Crippen LogP contribution is 2.57. The maximum Gasteiger partial charge on any atom is -0.0101 e. The smallest absolute Gasteiger partial charge is 0.0101 e. The van der Waals surface area contributed by atoms with E-state index in [0.29, 0.717) is 0 Å². The van der Waals surface area contributed by atoms with Gasteiger partial charge in [-0.1, -0.05) is 145 Å². The van der Waals surface area contributed by atoms with Crippen LogP contribution in [-0.2, 0) is 16.2 Å². The molecule has 0 spiro atoms. The molecule has 37 heavy (non-hydrogen) atoms. The summed E-state index contributed by atoms with van der Waals surface area (Å²) in [5, 5.41) is 1.73. The molecule has 0 N–H and O–H groups in total. The standard InChI is InChI=1S/C36H55P/c1-34(2,3)26-24-30(35(4,5)6)33(31(25-26)36(7,8)9)29-22-16-17-23-32(29)37(27-18-12-10-13-19-27)28-20-14-11-15-21-28/h16-17,22-25,27-28H,10-15,18-21H2,1-9H3. The fourth-order valence-corrected chi connectivity index (χ4v) is 10.8. The van der Waals surface area contributed by atoms with E-state index in [1.54, 1.807) is 27.6 Å². The molecule has 0 bridgehead atoms. The molecule has 204 valence electrons. The van der Waals surface area contributed by atoms with Crippen LogP contribution in [-0.4, -0.2) is 11.3 Å². The molecular weight excluding hydrogens is 463 g/mol. The molecule has 0 aliphatic heterocycles. The summed E-state index contributed by atoms with van der Waals surface area (Å²) < 4.78 is 0. The Bertz CT molecular complexity index is 990. The Morgan fingerprint density at radius 2 is 1.00 bits per heavy atom. The SMILES string of the molecule is CC(C)(C)c1cc(C(C)(C)C)c(-c2ccccc2P(C2CCCCC2)C2CCCCC2)c(C(C)(C)C)c1. The van der Waals surface area contributed by atoms with Crippen molar-refractivity contribution in [3.05, 3.63) is 53.1 Å². The maximum absolute atomic E-state index is 2.57. The maximum atomic E-state index is 2.57. The zero-order chi connectivity index (χ0) is 27.0. The van der Waals surface area contributed by atoms with Crippen LogP contribution in [0.4, 0.5) is 0 Å². The predicted octanol–water partition coefficient (Wildman–Crippen LogP) is 11.0. The highest BCUT2D eigenvalue weighted by atomic mass is 31.1. The third-order valence-corrected chi connectivity index (χ3v) is 12.6. The van der Waals surface area contributed by atoms with Crippen LogP contribution in [0.3, 0.4) is 0 Å². The van der Waals surface area contributed by atoms with Crippen molar-refractivity contribution in [1.29, 1.82) is 0 Å². The minimum atomic E-state index is -0.163. The third-order valence-electron chi connectivity index (χ3n) is 9.01. The fraction of sp³-hybridized carbons (Fsp3) is 0.667. The second-order valence-electron chi connectivity index (χ2n) is 15.2. The van der Waals surface area contributed by atoms with Crippen molar-refractivity contribution in [3.63, 3.8) is 0 Å². The Morgan fingerprint density at radius 1 is 0.568 bits per heavy atom. The Balaban J connectivity index is 2.00. The van der Waals surface area contributed by atoms with Gasteiger partial charge in [0.15, 0.2) is 0 Å². The summed E-state index contributed by atoms with van der Waals surface area (Å²) in [6.45, 7) is 21.7. The Labute approximate surface area is 231 Å². The van der Waals surface area contributed by atoms with E-state index in [-0.39, 0.29) is 24.2 Å². The average molecular weight is 519 g/mol. The number of benzene rings is 2. The normalized spacial score (nSPS) is 19.0. The summed E-state index contributed by atoms with van der Waals surface area (Å²) in [7, 11) is -0.163. The van der Waals surface area contributed by atoms with E-state index in [1.807, 2.05) is 0 Å². The van der Waals surface area contributed by atoms with E-state index in [0.717, 1.165) is 11.3 Å². The lowest BCUT2D eigenvalue weighted by molar-refractivity contribution is 0.487. The summed E-state index contributed by atoms with van der Waals surface area (Å²) in [5.41, 5.74) is 9.82. The van der Waals surface area contributed by atoms with E-state index in [1.165, 1.54) is 69.8 Å². The first-order chi connectivity index (χ1) is 17.3. The molecule has 2 saturated carbocycles. The van der Waals surface area contributed by atoms with Crippen molar-refractivity contribution in [1.82, 2.24) is 0 Å². The molecule has 0 radical (unpaired) electrons. The van der Waals surface area contributed by atoms with Gasteiger partial charge in [0.1, 0.15) is 0 Å². The minimum absolute atomic E-state index is 0.0855. The van der Waals surface area contributed by atoms with Gasteiger partial charge >= 0.3 is 0 Å². The van der Waals surface area contributed by atoms with Crippen LogP contribution in [0.25, 0.3) is 11.1 Å². The zero-order valence-corrected chi connectivity index (χ0v) is 26.5. The van der Waals surface area contributed by atoms with Gasteiger partial charge in [-0.3, -0.25) is 0 Å². The fourth-order valence-electron chi connectivity index (χ4n) is 6.87. The quantitative estimate of drug-likeness (QED) is 0.353. The summed E-state index contributed by atoms with van der Waals surface area (Å²) in [5.74, 6) is 0. The molecule has 2 aliphatic rings. The lowest BCUT2D eigenvalue weighted by Gasteiger charge is -2.41. The van der Waals surface area contributed by atoms with Crippen LogP contribution in [0.2, 0.25) is 0 Å². The zero-order valence-electron chi connectivity index (χ0n) is 25.6. The van der Waals surface area contributed by atoms with Gasteiger partial charge in [-0.15, -0.1) is 0 Å². The summed E-state index contributed by atoms with van der Waals surface area (Å²) in [6.07, 6.45) is 14.5. The van der Waals surface area contributed by atoms with Crippen molar-refractivity contribution in [3.8, 4) is 11.1 Å². The van der Waals surface area contributed by atoms with E-state index >= 15 is 0 Å². The van der Waals surface area contributed by atoms with Gasteiger partial charge in [0, 0.05) is 0 Å². The molecule has 4 rings (SSSR count). The third kappa shape index (κ3) is 6.55. The average Bonchev–Trinajstić information content (AvgIpc) is 2.83. The molecule has 0 nitrogen and oxygen atoms in total. The Kier molecular flexibility index (Phi) is 8.71. The topological polar surface area (TPSA) is 0 Å². The summed E-state index contributed by atoms with van der Waals surface area (Å²) in [4.78, 5) is 0. The predicted molar refractivity (Wildman–Crippen MR) is 168 cm³/mol. The molecule has 2 aromatic rings. The summed E-state index contributed by atoms with van der Waals surface area (Å²) >= 11 is 0. The van der Waals surface area contributed by atoms with Gasteiger partial charge in [-0.05, 0) is 86.4 Å². The number of hydrogen-bond donors (Lipinski definition) is 0. The monoisotopic (exact) mass is 518 g/mol. The molecule has 0 heterocycles. The van der Waals surface area contributed by atoms with Crippen LogP contribution in [0.5, 0.6) is 0 Å². The molecule has 0 aromatic heterocycles. The molecule has 2 aliphatic carbocycles. The highest BCUT2D eigenvalue weighted by molar-refractivity contribution is 7.67. The molecule has 2 fully saturated rings. The first-order valence-electron chi connectivity index (χ1n) is 15.4. The second kappa shape index (κ2) is 11.2.